The number of nitrogens with zero attached hydrogens (tertiary/aromatic N) is 1. The van der Waals surface area contributed by atoms with Crippen LogP contribution in [0.4, 0.5) is 5.69 Å². The molecule has 0 bridgehead atoms. The highest BCUT2D eigenvalue weighted by Gasteiger charge is 2.44. The fourth-order valence-corrected chi connectivity index (χ4v) is 4.56. The molecule has 144 valence electrons. The van der Waals surface area contributed by atoms with Crippen LogP contribution in [0.15, 0.2) is 24.3 Å². The van der Waals surface area contributed by atoms with Gasteiger partial charge in [0.1, 0.15) is 6.04 Å². The van der Waals surface area contributed by atoms with Crippen molar-refractivity contribution in [1.29, 1.82) is 0 Å². The molecule has 3 N–H and O–H groups in total. The number of piperidine rings is 1. The molecule has 1 saturated heterocycles. The lowest BCUT2D eigenvalue weighted by Crippen LogP contribution is -2.55. The van der Waals surface area contributed by atoms with Gasteiger partial charge in [0, 0.05) is 19.0 Å². The van der Waals surface area contributed by atoms with E-state index in [9.17, 15) is 19.5 Å². The standard InChI is InChI=1S/C20H25N3O4/c24-17(23-10-9-20(27)8-4-3-5-13(20)12-23)11-16-19(26)21-15-7-2-1-6-14(15)18(25)22-16/h1-2,6-7,13,16,27H,3-5,8-12H2,(H,21,26)(H,22,25)/t13-,16-,20-/m1/s1. The van der Waals surface area contributed by atoms with Gasteiger partial charge in [0.2, 0.25) is 11.8 Å². The Morgan fingerprint density at radius 2 is 2.04 bits per heavy atom. The quantitative estimate of drug-likeness (QED) is 0.729. The Morgan fingerprint density at radius 3 is 2.89 bits per heavy atom. The van der Waals surface area contributed by atoms with E-state index in [0.717, 1.165) is 25.7 Å². The summed E-state index contributed by atoms with van der Waals surface area (Å²) in [5, 5.41) is 16.2. The summed E-state index contributed by atoms with van der Waals surface area (Å²) in [5.41, 5.74) is 0.205. The van der Waals surface area contributed by atoms with Crippen LogP contribution in [0.5, 0.6) is 0 Å². The Morgan fingerprint density at radius 1 is 1.22 bits per heavy atom. The van der Waals surface area contributed by atoms with Gasteiger partial charge in [0.15, 0.2) is 0 Å². The van der Waals surface area contributed by atoms with Gasteiger partial charge in [-0.05, 0) is 31.4 Å². The number of anilines is 1. The smallest absolute Gasteiger partial charge is 0.254 e. The largest absolute Gasteiger partial charge is 0.389 e. The molecular weight excluding hydrogens is 346 g/mol. The third-order valence-electron chi connectivity index (χ3n) is 6.21. The molecule has 4 rings (SSSR count). The van der Waals surface area contributed by atoms with Crippen molar-refractivity contribution in [3.8, 4) is 0 Å². The van der Waals surface area contributed by atoms with Gasteiger partial charge in [-0.15, -0.1) is 0 Å². The molecule has 1 saturated carbocycles. The van der Waals surface area contributed by atoms with E-state index in [2.05, 4.69) is 10.6 Å². The first-order valence-electron chi connectivity index (χ1n) is 9.67. The van der Waals surface area contributed by atoms with Crippen LogP contribution in [0.25, 0.3) is 0 Å². The molecular formula is C20H25N3O4. The van der Waals surface area contributed by atoms with Gasteiger partial charge in [-0.3, -0.25) is 14.4 Å². The first-order valence-corrected chi connectivity index (χ1v) is 9.67. The van der Waals surface area contributed by atoms with Gasteiger partial charge in [-0.1, -0.05) is 25.0 Å². The molecule has 2 heterocycles. The van der Waals surface area contributed by atoms with Crippen molar-refractivity contribution in [3.63, 3.8) is 0 Å². The van der Waals surface area contributed by atoms with Crippen molar-refractivity contribution < 1.29 is 19.5 Å². The molecule has 1 aromatic rings. The van der Waals surface area contributed by atoms with Crippen molar-refractivity contribution in [2.75, 3.05) is 18.4 Å². The molecule has 0 radical (unpaired) electrons. The van der Waals surface area contributed by atoms with Crippen LogP contribution in [0.2, 0.25) is 0 Å². The van der Waals surface area contributed by atoms with Crippen molar-refractivity contribution in [1.82, 2.24) is 10.2 Å². The minimum atomic E-state index is -0.899. The lowest BCUT2D eigenvalue weighted by atomic mass is 9.71. The topological polar surface area (TPSA) is 98.7 Å². The van der Waals surface area contributed by atoms with Crippen LogP contribution in [-0.2, 0) is 9.59 Å². The predicted molar refractivity (Wildman–Crippen MR) is 99.0 cm³/mol. The fraction of sp³-hybridized carbons (Fsp3) is 0.550. The van der Waals surface area contributed by atoms with Crippen molar-refractivity contribution in [3.05, 3.63) is 29.8 Å². The van der Waals surface area contributed by atoms with Gasteiger partial charge < -0.3 is 20.6 Å². The van der Waals surface area contributed by atoms with Crippen LogP contribution in [-0.4, -0.2) is 52.5 Å². The molecule has 1 aliphatic carbocycles. The molecule has 2 fully saturated rings. The van der Waals surface area contributed by atoms with Crippen molar-refractivity contribution >= 4 is 23.4 Å². The minimum Gasteiger partial charge on any atom is -0.389 e. The lowest BCUT2D eigenvalue weighted by Gasteiger charge is -2.47. The lowest BCUT2D eigenvalue weighted by molar-refractivity contribution is -0.144. The number of fused-ring (bicyclic) bond motifs is 2. The maximum Gasteiger partial charge on any atom is 0.254 e. The maximum absolute atomic E-state index is 12.8. The van der Waals surface area contributed by atoms with Crippen LogP contribution in [0.1, 0.15) is 48.9 Å². The summed E-state index contributed by atoms with van der Waals surface area (Å²) in [6.07, 6.45) is 4.36. The molecule has 7 heteroatoms. The Labute approximate surface area is 158 Å². The van der Waals surface area contributed by atoms with Gasteiger partial charge in [-0.25, -0.2) is 0 Å². The van der Waals surface area contributed by atoms with E-state index in [1.54, 1.807) is 29.2 Å². The summed E-state index contributed by atoms with van der Waals surface area (Å²) >= 11 is 0. The molecule has 0 unspecified atom stereocenters. The molecule has 0 aromatic heterocycles. The van der Waals surface area contributed by atoms with E-state index >= 15 is 0 Å². The second kappa shape index (κ2) is 6.96. The van der Waals surface area contributed by atoms with Gasteiger partial charge >= 0.3 is 0 Å². The van der Waals surface area contributed by atoms with E-state index in [1.807, 2.05) is 0 Å². The summed E-state index contributed by atoms with van der Waals surface area (Å²) in [6.45, 7) is 1.02. The molecule has 3 amide bonds. The zero-order valence-corrected chi connectivity index (χ0v) is 15.2. The highest BCUT2D eigenvalue weighted by Crippen LogP contribution is 2.39. The molecule has 1 aromatic carbocycles. The average Bonchev–Trinajstić information content (AvgIpc) is 2.77. The second-order valence-electron chi connectivity index (χ2n) is 7.90. The Kier molecular flexibility index (Phi) is 4.63. The normalized spacial score (nSPS) is 30.5. The summed E-state index contributed by atoms with van der Waals surface area (Å²) in [4.78, 5) is 39.4. The molecule has 3 atom stereocenters. The number of aliphatic hydroxyl groups is 1. The van der Waals surface area contributed by atoms with E-state index in [1.165, 1.54) is 0 Å². The van der Waals surface area contributed by atoms with Gasteiger partial charge in [0.05, 0.1) is 23.3 Å². The van der Waals surface area contributed by atoms with E-state index in [-0.39, 0.29) is 30.1 Å². The summed E-state index contributed by atoms with van der Waals surface area (Å²) < 4.78 is 0. The predicted octanol–water partition coefficient (Wildman–Crippen LogP) is 1.28. The zero-order valence-electron chi connectivity index (χ0n) is 15.2. The number of hydrogen-bond donors (Lipinski definition) is 3. The maximum atomic E-state index is 12.8. The van der Waals surface area contributed by atoms with Crippen LogP contribution < -0.4 is 10.6 Å². The van der Waals surface area contributed by atoms with E-state index < -0.39 is 11.6 Å². The average molecular weight is 371 g/mol. The number of amides is 3. The Balaban J connectivity index is 1.43. The number of para-hydroxylation sites is 1. The highest BCUT2D eigenvalue weighted by atomic mass is 16.3. The zero-order chi connectivity index (χ0) is 19.0. The molecule has 27 heavy (non-hydrogen) atoms. The number of benzene rings is 1. The van der Waals surface area contributed by atoms with E-state index in [4.69, 9.17) is 0 Å². The minimum absolute atomic E-state index is 0.0727. The number of carbonyl (C=O) groups is 3. The SMILES string of the molecule is O=C1N[C@H](CC(=O)N2CC[C@]3(O)CCCC[C@@H]3C2)C(=O)Nc2ccccc21. The van der Waals surface area contributed by atoms with E-state index in [0.29, 0.717) is 30.8 Å². The van der Waals surface area contributed by atoms with Crippen LogP contribution in [0, 0.1) is 5.92 Å². The highest BCUT2D eigenvalue weighted by molar-refractivity contribution is 6.10. The van der Waals surface area contributed by atoms with Crippen LogP contribution >= 0.6 is 0 Å². The summed E-state index contributed by atoms with van der Waals surface area (Å²) in [7, 11) is 0. The third-order valence-corrected chi connectivity index (χ3v) is 6.21. The molecule has 7 nitrogen and oxygen atoms in total. The summed E-state index contributed by atoms with van der Waals surface area (Å²) in [5.74, 6) is -0.797. The molecule has 3 aliphatic rings. The first kappa shape index (κ1) is 18.0. The van der Waals surface area contributed by atoms with Gasteiger partial charge in [-0.2, -0.15) is 0 Å². The number of rotatable bonds is 2. The number of carbonyl (C=O) groups excluding carboxylic acids is 3. The first-order chi connectivity index (χ1) is 13.0. The van der Waals surface area contributed by atoms with Crippen LogP contribution in [0.3, 0.4) is 0 Å². The Hall–Kier alpha value is -2.41. The number of hydrogen-bond acceptors (Lipinski definition) is 4. The van der Waals surface area contributed by atoms with Gasteiger partial charge in [0.25, 0.3) is 5.91 Å². The van der Waals surface area contributed by atoms with Crippen molar-refractivity contribution in [2.45, 2.75) is 50.2 Å². The second-order valence-corrected chi connectivity index (χ2v) is 7.90. The molecule has 2 aliphatic heterocycles. The monoisotopic (exact) mass is 371 g/mol. The number of likely N-dealkylation sites (tertiary alicyclic amines) is 1. The van der Waals surface area contributed by atoms with Crippen molar-refractivity contribution in [2.24, 2.45) is 5.92 Å². The fourth-order valence-electron chi connectivity index (χ4n) is 4.56. The number of nitrogens with one attached hydrogen (secondary N) is 2. The molecule has 0 spiro atoms. The third kappa shape index (κ3) is 3.43. The summed E-state index contributed by atoms with van der Waals surface area (Å²) in [6, 6.07) is 5.89. The Bertz CT molecular complexity index is 780.